The molecule has 528 valence electrons. The van der Waals surface area contributed by atoms with Crippen LogP contribution in [0.1, 0.15) is 344 Å². The van der Waals surface area contributed by atoms with Crippen molar-refractivity contribution in [2.75, 3.05) is 39.6 Å². The number of unbranched alkanes of at least 4 members (excludes halogenated alkanes) is 33. The molecule has 0 fully saturated rings. The molecule has 0 spiro atoms. The molecule has 0 amide bonds. The third-order valence-corrected chi connectivity index (χ3v) is 18.0. The Balaban J connectivity index is 5.24. The van der Waals surface area contributed by atoms with Gasteiger partial charge < -0.3 is 33.8 Å². The van der Waals surface area contributed by atoms with Gasteiger partial charge >= 0.3 is 39.5 Å². The van der Waals surface area contributed by atoms with Crippen LogP contribution in [0.2, 0.25) is 0 Å². The molecule has 0 bridgehead atoms. The van der Waals surface area contributed by atoms with E-state index in [1.807, 2.05) is 0 Å². The number of aliphatic hydroxyl groups is 1. The second kappa shape index (κ2) is 59.8. The molecule has 89 heavy (non-hydrogen) atoms. The molecular weight excluding hydrogens is 1170 g/mol. The molecule has 17 nitrogen and oxygen atoms in total. The van der Waals surface area contributed by atoms with Gasteiger partial charge in [0.05, 0.1) is 26.4 Å². The quantitative estimate of drug-likeness (QED) is 0.0222. The largest absolute Gasteiger partial charge is 0.472 e. The number of ether oxygens (including phenoxy) is 4. The highest BCUT2D eigenvalue weighted by molar-refractivity contribution is 7.47. The van der Waals surface area contributed by atoms with Gasteiger partial charge in [0.2, 0.25) is 0 Å². The van der Waals surface area contributed by atoms with E-state index in [9.17, 15) is 43.2 Å². The number of rotatable bonds is 67. The Labute approximate surface area is 543 Å². The first-order chi connectivity index (χ1) is 42.6. The third-order valence-electron chi connectivity index (χ3n) is 16.1. The van der Waals surface area contributed by atoms with Crippen LogP contribution < -0.4 is 0 Å². The highest BCUT2D eigenvalue weighted by Gasteiger charge is 2.30. The highest BCUT2D eigenvalue weighted by Crippen LogP contribution is 2.45. The Kier molecular flexibility index (Phi) is 58.5. The van der Waals surface area contributed by atoms with Crippen molar-refractivity contribution in [2.24, 2.45) is 23.7 Å². The number of esters is 4. The van der Waals surface area contributed by atoms with Crippen LogP contribution in [-0.4, -0.2) is 96.7 Å². The molecule has 0 saturated heterocycles. The molecule has 0 aliphatic heterocycles. The maximum Gasteiger partial charge on any atom is 0.472 e. The summed E-state index contributed by atoms with van der Waals surface area (Å²) in [5.41, 5.74) is 0. The van der Waals surface area contributed by atoms with Gasteiger partial charge in [0.15, 0.2) is 12.2 Å². The lowest BCUT2D eigenvalue weighted by molar-refractivity contribution is -0.161. The first-order valence-electron chi connectivity index (χ1n) is 36.2. The zero-order valence-corrected chi connectivity index (χ0v) is 59.8. The lowest BCUT2D eigenvalue weighted by Gasteiger charge is -2.21. The first kappa shape index (κ1) is 87.1. The summed E-state index contributed by atoms with van der Waals surface area (Å²) in [7, 11) is -9.90. The van der Waals surface area contributed by atoms with Crippen LogP contribution in [0.5, 0.6) is 0 Å². The zero-order valence-electron chi connectivity index (χ0n) is 58.1. The van der Waals surface area contributed by atoms with Crippen LogP contribution in [0.4, 0.5) is 0 Å². The van der Waals surface area contributed by atoms with E-state index in [1.54, 1.807) is 0 Å². The molecule has 3 unspecified atom stereocenters. The number of phosphoric acid groups is 2. The number of carbonyl (C=O) groups excluding carboxylic acids is 4. The number of phosphoric ester groups is 2. The molecule has 5 atom stereocenters. The van der Waals surface area contributed by atoms with Crippen molar-refractivity contribution in [2.45, 2.75) is 363 Å². The fraction of sp³-hybridized carbons (Fsp3) is 0.943. The number of hydrogen-bond acceptors (Lipinski definition) is 15. The topological polar surface area (TPSA) is 237 Å². The van der Waals surface area contributed by atoms with E-state index in [0.717, 1.165) is 108 Å². The third kappa shape index (κ3) is 64.6. The Bertz CT molecular complexity index is 1760. The van der Waals surface area contributed by atoms with Crippen LogP contribution in [0.15, 0.2) is 0 Å². The molecule has 0 aromatic carbocycles. The molecule has 0 rings (SSSR count). The molecule has 0 aliphatic rings. The normalized spacial score (nSPS) is 14.3. The molecule has 0 saturated carbocycles. The zero-order chi connectivity index (χ0) is 66.1. The van der Waals surface area contributed by atoms with Gasteiger partial charge in [0.25, 0.3) is 0 Å². The summed E-state index contributed by atoms with van der Waals surface area (Å²) < 4.78 is 68.2. The monoisotopic (exact) mass is 1310 g/mol. The molecule has 0 aromatic rings. The smallest absolute Gasteiger partial charge is 0.462 e. The fourth-order valence-corrected chi connectivity index (χ4v) is 12.1. The van der Waals surface area contributed by atoms with Gasteiger partial charge in [-0.25, -0.2) is 9.13 Å². The van der Waals surface area contributed by atoms with Crippen molar-refractivity contribution in [1.29, 1.82) is 0 Å². The molecular formula is C70H136O17P2. The van der Waals surface area contributed by atoms with E-state index in [4.69, 9.17) is 37.0 Å². The SMILES string of the molecule is CC(C)CCCCCCCCCCCCCCCC(=O)O[C@H](COC(=O)CCCCCCCCCCCCC(C)C)COP(=O)(O)OCC(O)COP(=O)(O)OC[C@@H](COC(=O)CCCCCCCCCC(C)C)OC(=O)CCCCCCCCCC(C)C. The van der Waals surface area contributed by atoms with Crippen LogP contribution in [-0.2, 0) is 65.4 Å². The summed E-state index contributed by atoms with van der Waals surface area (Å²) in [4.78, 5) is 72.5. The maximum atomic E-state index is 13.0. The van der Waals surface area contributed by atoms with Crippen molar-refractivity contribution >= 4 is 39.5 Å². The van der Waals surface area contributed by atoms with E-state index in [1.165, 1.54) is 141 Å². The standard InChI is InChI=1S/C70H136O17P2/c1-60(2)46-38-30-22-16-12-10-9-11-13-19-27-36-44-52-69(74)86-65(56-80-67(72)50-42-34-26-18-15-14-17-23-31-39-47-61(3)4)58-84-88(76,77)82-54-64(71)55-83-89(78,79)85-59-66(87-70(75)53-45-37-29-21-25-33-41-49-63(7)8)57-81-68(73)51-43-35-28-20-24-32-40-48-62(5)6/h60-66,71H,9-59H2,1-8H3,(H,76,77)(H,78,79)/t64?,65-,66-/m1/s1. The van der Waals surface area contributed by atoms with Crippen molar-refractivity contribution in [3.05, 3.63) is 0 Å². The molecule has 0 aromatic heterocycles. The summed E-state index contributed by atoms with van der Waals surface area (Å²) in [6, 6.07) is 0. The Hall–Kier alpha value is -1.94. The number of aliphatic hydroxyl groups excluding tert-OH is 1. The average Bonchev–Trinajstić information content (AvgIpc) is 3.67. The van der Waals surface area contributed by atoms with Crippen LogP contribution in [0.3, 0.4) is 0 Å². The Morgan fingerprint density at radius 3 is 0.697 bits per heavy atom. The lowest BCUT2D eigenvalue weighted by Crippen LogP contribution is -2.30. The highest BCUT2D eigenvalue weighted by atomic mass is 31.2. The van der Waals surface area contributed by atoms with Gasteiger partial charge in [-0.1, -0.05) is 293 Å². The van der Waals surface area contributed by atoms with E-state index >= 15 is 0 Å². The minimum atomic E-state index is -4.95. The van der Waals surface area contributed by atoms with Gasteiger partial charge in [0, 0.05) is 25.7 Å². The second-order valence-corrected chi connectivity index (χ2v) is 30.1. The summed E-state index contributed by atoms with van der Waals surface area (Å²) >= 11 is 0. The van der Waals surface area contributed by atoms with Crippen molar-refractivity contribution in [1.82, 2.24) is 0 Å². The van der Waals surface area contributed by atoms with E-state index in [0.29, 0.717) is 37.5 Å². The van der Waals surface area contributed by atoms with E-state index in [2.05, 4.69) is 55.4 Å². The first-order valence-corrected chi connectivity index (χ1v) is 39.2. The minimum Gasteiger partial charge on any atom is -0.462 e. The molecule has 0 radical (unpaired) electrons. The van der Waals surface area contributed by atoms with Crippen molar-refractivity contribution < 1.29 is 80.2 Å². The van der Waals surface area contributed by atoms with Crippen LogP contribution >= 0.6 is 15.6 Å². The van der Waals surface area contributed by atoms with E-state index in [-0.39, 0.29) is 25.7 Å². The molecule has 0 heterocycles. The molecule has 19 heteroatoms. The lowest BCUT2D eigenvalue weighted by atomic mass is 10.0. The van der Waals surface area contributed by atoms with Gasteiger partial charge in [-0.3, -0.25) is 37.3 Å². The van der Waals surface area contributed by atoms with Crippen molar-refractivity contribution in [3.8, 4) is 0 Å². The summed E-state index contributed by atoms with van der Waals surface area (Å²) in [6.45, 7) is 14.0. The van der Waals surface area contributed by atoms with Crippen LogP contribution in [0.25, 0.3) is 0 Å². The second-order valence-electron chi connectivity index (χ2n) is 27.2. The van der Waals surface area contributed by atoms with E-state index < -0.39 is 97.5 Å². The Morgan fingerprint density at radius 1 is 0.281 bits per heavy atom. The van der Waals surface area contributed by atoms with Gasteiger partial charge in [-0.05, 0) is 49.4 Å². The number of carbonyl (C=O) groups is 4. The summed E-state index contributed by atoms with van der Waals surface area (Å²) in [5, 5.41) is 10.6. The minimum absolute atomic E-state index is 0.102. The van der Waals surface area contributed by atoms with Crippen LogP contribution in [0, 0.1) is 23.7 Å². The maximum absolute atomic E-state index is 13.0. The Morgan fingerprint density at radius 2 is 0.472 bits per heavy atom. The summed E-state index contributed by atoms with van der Waals surface area (Å²) in [6.07, 6.45) is 41.8. The molecule has 3 N–H and O–H groups in total. The predicted molar refractivity (Wildman–Crippen MR) is 358 cm³/mol. The van der Waals surface area contributed by atoms with Gasteiger partial charge in [0.1, 0.15) is 19.3 Å². The van der Waals surface area contributed by atoms with Gasteiger partial charge in [-0.15, -0.1) is 0 Å². The molecule has 0 aliphatic carbocycles. The fourth-order valence-electron chi connectivity index (χ4n) is 10.5. The van der Waals surface area contributed by atoms with Crippen molar-refractivity contribution in [3.63, 3.8) is 0 Å². The van der Waals surface area contributed by atoms with Gasteiger partial charge in [-0.2, -0.15) is 0 Å². The predicted octanol–water partition coefficient (Wildman–Crippen LogP) is 19.7. The average molecular weight is 1310 g/mol. The number of hydrogen-bond donors (Lipinski definition) is 3. The summed E-state index contributed by atoms with van der Waals surface area (Å²) in [5.74, 6) is 0.814.